The van der Waals surface area contributed by atoms with E-state index in [-0.39, 0.29) is 5.91 Å². The molecule has 2 N–H and O–H groups in total. The van der Waals surface area contributed by atoms with Gasteiger partial charge in [-0.1, -0.05) is 11.6 Å². The second-order valence-corrected chi connectivity index (χ2v) is 7.24. The predicted octanol–water partition coefficient (Wildman–Crippen LogP) is 3.59. The zero-order valence-electron chi connectivity index (χ0n) is 12.8. The Hall–Kier alpha value is -1.02. The van der Waals surface area contributed by atoms with Gasteiger partial charge < -0.3 is 15.4 Å². The molecule has 22 heavy (non-hydrogen) atoms. The van der Waals surface area contributed by atoms with Crippen molar-refractivity contribution in [1.82, 2.24) is 10.6 Å². The molecule has 0 heterocycles. The third-order valence-corrected chi connectivity index (χ3v) is 4.03. The third kappa shape index (κ3) is 7.31. The van der Waals surface area contributed by atoms with E-state index in [1.807, 2.05) is 0 Å². The number of hydrogen-bond donors (Lipinski definition) is 2. The molecule has 1 aromatic carbocycles. The fraction of sp³-hybridized carbons (Fsp3) is 0.467. The number of carbonyl (C=O) groups is 2. The monoisotopic (exact) mass is 438 g/mol. The molecule has 0 aliphatic heterocycles. The first-order valence-electron chi connectivity index (χ1n) is 6.89. The van der Waals surface area contributed by atoms with Crippen LogP contribution in [-0.4, -0.2) is 30.7 Å². The lowest BCUT2D eigenvalue weighted by Gasteiger charge is -2.19. The molecular formula is C15H20ClIN2O3. The lowest BCUT2D eigenvalue weighted by molar-refractivity contribution is 0.0527. The molecule has 7 heteroatoms. The molecule has 0 unspecified atom stereocenters. The maximum Gasteiger partial charge on any atom is 0.407 e. The Morgan fingerprint density at radius 1 is 1.23 bits per heavy atom. The van der Waals surface area contributed by atoms with Gasteiger partial charge in [-0.05, 0) is 68.0 Å². The van der Waals surface area contributed by atoms with Crippen molar-refractivity contribution in [2.45, 2.75) is 32.8 Å². The molecule has 1 rings (SSSR count). The highest BCUT2D eigenvalue weighted by molar-refractivity contribution is 14.1. The molecule has 0 aromatic heterocycles. The van der Waals surface area contributed by atoms with Crippen LogP contribution < -0.4 is 10.6 Å². The van der Waals surface area contributed by atoms with Gasteiger partial charge in [0.05, 0.1) is 5.02 Å². The molecule has 0 aliphatic carbocycles. The SMILES string of the molecule is CC(C)(C)OC(=O)NCCCNC(=O)c1ccc(Cl)c(I)c1. The number of hydrogen-bond acceptors (Lipinski definition) is 3. The number of benzene rings is 1. The Bertz CT molecular complexity index is 544. The van der Waals surface area contributed by atoms with Gasteiger partial charge in [-0.15, -0.1) is 0 Å². The Kier molecular flexibility index (Phi) is 7.41. The number of amides is 2. The lowest BCUT2D eigenvalue weighted by Crippen LogP contribution is -2.34. The molecule has 0 aliphatic rings. The highest BCUT2D eigenvalue weighted by Gasteiger charge is 2.15. The maximum atomic E-state index is 11.9. The summed E-state index contributed by atoms with van der Waals surface area (Å²) in [5.41, 5.74) is 0.0539. The minimum Gasteiger partial charge on any atom is -0.444 e. The van der Waals surface area contributed by atoms with Gasteiger partial charge in [0.25, 0.3) is 5.91 Å². The topological polar surface area (TPSA) is 67.4 Å². The largest absolute Gasteiger partial charge is 0.444 e. The van der Waals surface area contributed by atoms with Gasteiger partial charge in [-0.3, -0.25) is 4.79 Å². The van der Waals surface area contributed by atoms with E-state index in [4.69, 9.17) is 16.3 Å². The molecular weight excluding hydrogens is 419 g/mol. The minimum absolute atomic E-state index is 0.160. The van der Waals surface area contributed by atoms with E-state index in [0.29, 0.717) is 30.1 Å². The lowest BCUT2D eigenvalue weighted by atomic mass is 10.2. The molecule has 0 atom stereocenters. The van der Waals surface area contributed by atoms with Crippen LogP contribution in [0.4, 0.5) is 4.79 Å². The molecule has 0 saturated heterocycles. The second kappa shape index (κ2) is 8.57. The zero-order valence-corrected chi connectivity index (χ0v) is 15.7. The summed E-state index contributed by atoms with van der Waals surface area (Å²) in [5, 5.41) is 6.05. The first-order valence-corrected chi connectivity index (χ1v) is 8.35. The average Bonchev–Trinajstić information content (AvgIpc) is 2.39. The standard InChI is InChI=1S/C15H20ClIN2O3/c1-15(2,3)22-14(21)19-8-4-7-18-13(20)10-5-6-11(16)12(17)9-10/h5-6,9H,4,7-8H2,1-3H3,(H,18,20)(H,19,21). The van der Waals surface area contributed by atoms with E-state index in [0.717, 1.165) is 3.57 Å². The Morgan fingerprint density at radius 2 is 1.86 bits per heavy atom. The number of alkyl carbamates (subject to hydrolysis) is 1. The fourth-order valence-electron chi connectivity index (χ4n) is 1.53. The number of rotatable bonds is 5. The number of halogens is 2. The number of ether oxygens (including phenoxy) is 1. The normalized spacial score (nSPS) is 11.0. The molecule has 5 nitrogen and oxygen atoms in total. The molecule has 0 radical (unpaired) electrons. The first-order chi connectivity index (χ1) is 10.2. The molecule has 0 saturated carbocycles. The van der Waals surface area contributed by atoms with Crippen LogP contribution in [0.2, 0.25) is 5.02 Å². The van der Waals surface area contributed by atoms with Crippen LogP contribution in [0.3, 0.4) is 0 Å². The van der Waals surface area contributed by atoms with Crippen molar-refractivity contribution in [1.29, 1.82) is 0 Å². The molecule has 122 valence electrons. The molecule has 2 amide bonds. The quantitative estimate of drug-likeness (QED) is 0.545. The molecule has 0 spiro atoms. The first kappa shape index (κ1) is 19.0. The van der Waals surface area contributed by atoms with Gasteiger partial charge in [-0.2, -0.15) is 0 Å². The predicted molar refractivity (Wildman–Crippen MR) is 95.4 cm³/mol. The summed E-state index contributed by atoms with van der Waals surface area (Å²) in [6, 6.07) is 5.11. The van der Waals surface area contributed by atoms with E-state index in [1.54, 1.807) is 39.0 Å². The van der Waals surface area contributed by atoms with Crippen molar-refractivity contribution in [3.8, 4) is 0 Å². The summed E-state index contributed by atoms with van der Waals surface area (Å²) in [5.74, 6) is -0.160. The van der Waals surface area contributed by atoms with E-state index < -0.39 is 11.7 Å². The average molecular weight is 439 g/mol. The summed E-state index contributed by atoms with van der Waals surface area (Å²) < 4.78 is 5.94. The van der Waals surface area contributed by atoms with Gasteiger partial charge in [-0.25, -0.2) is 4.79 Å². The van der Waals surface area contributed by atoms with Crippen molar-refractivity contribution < 1.29 is 14.3 Å². The smallest absolute Gasteiger partial charge is 0.407 e. The van der Waals surface area contributed by atoms with Crippen LogP contribution in [0, 0.1) is 3.57 Å². The Balaban J connectivity index is 2.25. The summed E-state index contributed by atoms with van der Waals surface area (Å²) in [6.45, 7) is 6.32. The minimum atomic E-state index is -0.510. The van der Waals surface area contributed by atoms with E-state index in [9.17, 15) is 9.59 Å². The zero-order chi connectivity index (χ0) is 16.8. The molecule has 0 fully saturated rings. The number of nitrogens with one attached hydrogen (secondary N) is 2. The summed E-state index contributed by atoms with van der Waals surface area (Å²) >= 11 is 7.99. The van der Waals surface area contributed by atoms with Crippen LogP contribution in [-0.2, 0) is 4.74 Å². The Morgan fingerprint density at radius 3 is 2.45 bits per heavy atom. The van der Waals surface area contributed by atoms with Crippen molar-refractivity contribution in [3.05, 3.63) is 32.4 Å². The van der Waals surface area contributed by atoms with Crippen LogP contribution in [0.25, 0.3) is 0 Å². The van der Waals surface area contributed by atoms with Crippen LogP contribution in [0.15, 0.2) is 18.2 Å². The highest BCUT2D eigenvalue weighted by Crippen LogP contribution is 2.19. The molecule has 0 bridgehead atoms. The Labute approximate surface area is 149 Å². The van der Waals surface area contributed by atoms with Crippen molar-refractivity contribution >= 4 is 46.2 Å². The van der Waals surface area contributed by atoms with E-state index in [2.05, 4.69) is 33.2 Å². The second-order valence-electron chi connectivity index (χ2n) is 5.67. The van der Waals surface area contributed by atoms with Gasteiger partial charge in [0.15, 0.2) is 0 Å². The van der Waals surface area contributed by atoms with Crippen molar-refractivity contribution in [3.63, 3.8) is 0 Å². The van der Waals surface area contributed by atoms with Crippen molar-refractivity contribution in [2.24, 2.45) is 0 Å². The number of carbonyl (C=O) groups excluding carboxylic acids is 2. The third-order valence-electron chi connectivity index (χ3n) is 2.49. The molecule has 1 aromatic rings. The van der Waals surface area contributed by atoms with E-state index in [1.165, 1.54) is 0 Å². The van der Waals surface area contributed by atoms with Crippen molar-refractivity contribution in [2.75, 3.05) is 13.1 Å². The van der Waals surface area contributed by atoms with Gasteiger partial charge in [0.1, 0.15) is 5.60 Å². The van der Waals surface area contributed by atoms with Gasteiger partial charge in [0, 0.05) is 22.2 Å². The van der Waals surface area contributed by atoms with Gasteiger partial charge >= 0.3 is 6.09 Å². The van der Waals surface area contributed by atoms with E-state index >= 15 is 0 Å². The van der Waals surface area contributed by atoms with Crippen LogP contribution in [0.5, 0.6) is 0 Å². The van der Waals surface area contributed by atoms with Gasteiger partial charge in [0.2, 0.25) is 0 Å². The fourth-order valence-corrected chi connectivity index (χ4v) is 2.17. The highest BCUT2D eigenvalue weighted by atomic mass is 127. The van der Waals surface area contributed by atoms with Crippen LogP contribution >= 0.6 is 34.2 Å². The summed E-state index contributed by atoms with van der Waals surface area (Å²) in [6.07, 6.45) is 0.168. The van der Waals surface area contributed by atoms with Crippen LogP contribution in [0.1, 0.15) is 37.6 Å². The summed E-state index contributed by atoms with van der Waals surface area (Å²) in [4.78, 5) is 23.3. The maximum absolute atomic E-state index is 11.9. The summed E-state index contributed by atoms with van der Waals surface area (Å²) in [7, 11) is 0.